The quantitative estimate of drug-likeness (QED) is 0.544. The first-order valence-electron chi connectivity index (χ1n) is 6.60. The van der Waals surface area contributed by atoms with Crippen molar-refractivity contribution in [1.29, 1.82) is 0 Å². The molecule has 3 rings (SSSR count). The van der Waals surface area contributed by atoms with Crippen molar-refractivity contribution < 1.29 is 13.2 Å². The van der Waals surface area contributed by atoms with Gasteiger partial charge >= 0.3 is 0 Å². The molecule has 1 saturated heterocycles. The molecule has 1 aliphatic heterocycles. The predicted molar refractivity (Wildman–Crippen MR) is 77.1 cm³/mol. The molecule has 114 valence electrons. The fraction of sp³-hybridized carbons (Fsp3) is 0.417. The number of rotatable bonds is 4. The van der Waals surface area contributed by atoms with Crippen LogP contribution in [-0.4, -0.2) is 36.6 Å². The molecular weight excluding hydrogens is 294 g/mol. The number of imidazole rings is 1. The third-order valence-corrected chi connectivity index (χ3v) is 5.07. The third-order valence-electron chi connectivity index (χ3n) is 3.56. The zero-order valence-corrected chi connectivity index (χ0v) is 12.3. The first-order valence-corrected chi connectivity index (χ1v) is 8.09. The second-order valence-corrected chi connectivity index (χ2v) is 6.56. The Labute approximate surface area is 122 Å². The Hall–Kier alpha value is -1.68. The third kappa shape index (κ3) is 2.48. The lowest BCUT2D eigenvalue weighted by Crippen LogP contribution is -2.39. The fourth-order valence-electron chi connectivity index (χ4n) is 2.47. The standard InChI is InChI=1S/C12H17N5O3S/c1-8-9(5-7-20-8)16-21(18,19)12-11(15-13)14-10-4-2-3-6-17(10)12/h2-4,6,8-9,15-16H,5,7,13H2,1H3. The summed E-state index contributed by atoms with van der Waals surface area (Å²) in [5, 5.41) is -0.000278. The number of nitrogens with one attached hydrogen (secondary N) is 2. The number of pyridine rings is 1. The van der Waals surface area contributed by atoms with Gasteiger partial charge in [-0.3, -0.25) is 4.40 Å². The van der Waals surface area contributed by atoms with E-state index in [1.807, 2.05) is 6.92 Å². The van der Waals surface area contributed by atoms with Crippen molar-refractivity contribution in [3.05, 3.63) is 24.4 Å². The van der Waals surface area contributed by atoms with Gasteiger partial charge in [0.25, 0.3) is 10.0 Å². The number of anilines is 1. The minimum atomic E-state index is -3.77. The highest BCUT2D eigenvalue weighted by Crippen LogP contribution is 2.23. The lowest BCUT2D eigenvalue weighted by molar-refractivity contribution is 0.117. The van der Waals surface area contributed by atoms with Crippen molar-refractivity contribution in [3.63, 3.8) is 0 Å². The van der Waals surface area contributed by atoms with Crippen LogP contribution < -0.4 is 16.0 Å². The number of hydrazine groups is 1. The summed E-state index contributed by atoms with van der Waals surface area (Å²) in [7, 11) is -3.77. The minimum absolute atomic E-state index is 0.000278. The van der Waals surface area contributed by atoms with E-state index in [9.17, 15) is 8.42 Å². The summed E-state index contributed by atoms with van der Waals surface area (Å²) in [5.41, 5.74) is 2.85. The van der Waals surface area contributed by atoms with E-state index in [4.69, 9.17) is 10.6 Å². The number of aromatic nitrogens is 2. The van der Waals surface area contributed by atoms with Crippen LogP contribution in [-0.2, 0) is 14.8 Å². The average Bonchev–Trinajstić information content (AvgIpc) is 3.02. The molecule has 2 aromatic heterocycles. The first-order chi connectivity index (χ1) is 10.0. The molecule has 0 bridgehead atoms. The van der Waals surface area contributed by atoms with E-state index in [-0.39, 0.29) is 23.0 Å². The zero-order valence-electron chi connectivity index (χ0n) is 11.5. The summed E-state index contributed by atoms with van der Waals surface area (Å²) in [6.07, 6.45) is 2.11. The Bertz CT molecular complexity index is 757. The number of hydrogen-bond donors (Lipinski definition) is 3. The van der Waals surface area contributed by atoms with Crippen molar-refractivity contribution in [2.24, 2.45) is 5.84 Å². The van der Waals surface area contributed by atoms with Gasteiger partial charge < -0.3 is 10.2 Å². The molecule has 1 fully saturated rings. The second-order valence-electron chi connectivity index (χ2n) is 4.93. The van der Waals surface area contributed by atoms with Gasteiger partial charge in [-0.25, -0.2) is 24.0 Å². The van der Waals surface area contributed by atoms with Crippen molar-refractivity contribution in [1.82, 2.24) is 14.1 Å². The van der Waals surface area contributed by atoms with Crippen LogP contribution in [0.4, 0.5) is 5.82 Å². The molecule has 21 heavy (non-hydrogen) atoms. The van der Waals surface area contributed by atoms with E-state index in [1.165, 1.54) is 4.40 Å². The Morgan fingerprint density at radius 1 is 1.48 bits per heavy atom. The molecule has 0 spiro atoms. The molecule has 9 heteroatoms. The summed E-state index contributed by atoms with van der Waals surface area (Å²) >= 11 is 0. The smallest absolute Gasteiger partial charge is 0.260 e. The Kier molecular flexibility index (Phi) is 3.57. The summed E-state index contributed by atoms with van der Waals surface area (Å²) in [5.74, 6) is 5.52. The maximum absolute atomic E-state index is 12.7. The molecule has 8 nitrogen and oxygen atoms in total. The lowest BCUT2D eigenvalue weighted by atomic mass is 10.2. The second kappa shape index (κ2) is 5.26. The van der Waals surface area contributed by atoms with Gasteiger partial charge in [-0.05, 0) is 25.5 Å². The Balaban J connectivity index is 2.05. The van der Waals surface area contributed by atoms with E-state index < -0.39 is 10.0 Å². The summed E-state index contributed by atoms with van der Waals surface area (Å²) in [6, 6.07) is 4.96. The molecule has 2 unspecified atom stereocenters. The van der Waals surface area contributed by atoms with Gasteiger partial charge in [-0.2, -0.15) is 0 Å². The number of fused-ring (bicyclic) bond motifs is 1. The van der Waals surface area contributed by atoms with Crippen LogP contribution in [0.3, 0.4) is 0 Å². The summed E-state index contributed by atoms with van der Waals surface area (Å²) in [4.78, 5) is 4.17. The topological polar surface area (TPSA) is 111 Å². The van der Waals surface area contributed by atoms with Gasteiger partial charge in [-0.15, -0.1) is 0 Å². The predicted octanol–water partition coefficient (Wildman–Crippen LogP) is 0.0756. The van der Waals surface area contributed by atoms with Crippen LogP contribution in [0.1, 0.15) is 13.3 Å². The van der Waals surface area contributed by atoms with E-state index in [0.29, 0.717) is 18.7 Å². The average molecular weight is 311 g/mol. The van der Waals surface area contributed by atoms with E-state index >= 15 is 0 Å². The number of nitrogens with two attached hydrogens (primary N) is 1. The molecule has 2 atom stereocenters. The Morgan fingerprint density at radius 2 is 2.29 bits per heavy atom. The summed E-state index contributed by atoms with van der Waals surface area (Å²) in [6.45, 7) is 2.39. The van der Waals surface area contributed by atoms with Crippen molar-refractivity contribution in [2.75, 3.05) is 12.0 Å². The van der Waals surface area contributed by atoms with Gasteiger partial charge in [0.1, 0.15) is 5.65 Å². The lowest BCUT2D eigenvalue weighted by Gasteiger charge is -2.16. The van der Waals surface area contributed by atoms with Crippen molar-refractivity contribution in [2.45, 2.75) is 30.5 Å². The molecule has 2 aromatic rings. The van der Waals surface area contributed by atoms with Crippen LogP contribution in [0, 0.1) is 0 Å². The number of hydrogen-bond acceptors (Lipinski definition) is 6. The van der Waals surface area contributed by atoms with Crippen LogP contribution in [0.5, 0.6) is 0 Å². The minimum Gasteiger partial charge on any atom is -0.377 e. The van der Waals surface area contributed by atoms with E-state index in [0.717, 1.165) is 0 Å². The largest absolute Gasteiger partial charge is 0.377 e. The summed E-state index contributed by atoms with van der Waals surface area (Å²) < 4.78 is 34.9. The molecule has 0 saturated carbocycles. The number of nitrogen functional groups attached to an aromatic ring is 1. The van der Waals surface area contributed by atoms with Crippen LogP contribution >= 0.6 is 0 Å². The van der Waals surface area contributed by atoms with E-state index in [1.54, 1.807) is 24.4 Å². The highest BCUT2D eigenvalue weighted by atomic mass is 32.2. The SMILES string of the molecule is CC1OCCC1NS(=O)(=O)c1c(NN)nc2ccccn12. The molecule has 4 N–H and O–H groups in total. The van der Waals surface area contributed by atoms with Gasteiger partial charge in [0.15, 0.2) is 10.8 Å². The molecule has 0 amide bonds. The number of nitrogens with zero attached hydrogens (tertiary/aromatic N) is 2. The normalized spacial score (nSPS) is 22.8. The maximum Gasteiger partial charge on any atom is 0.260 e. The molecule has 0 aliphatic carbocycles. The van der Waals surface area contributed by atoms with Gasteiger partial charge in [0.05, 0.1) is 12.1 Å². The molecular formula is C12H17N5O3S. The van der Waals surface area contributed by atoms with Crippen molar-refractivity contribution in [3.8, 4) is 0 Å². The molecule has 0 radical (unpaired) electrons. The van der Waals surface area contributed by atoms with Gasteiger partial charge in [0, 0.05) is 12.8 Å². The van der Waals surface area contributed by atoms with Crippen LogP contribution in [0.15, 0.2) is 29.4 Å². The molecule has 0 aromatic carbocycles. The zero-order chi connectivity index (χ0) is 15.0. The highest BCUT2D eigenvalue weighted by molar-refractivity contribution is 7.89. The van der Waals surface area contributed by atoms with Gasteiger partial charge in [-0.1, -0.05) is 6.07 Å². The number of ether oxygens (including phenoxy) is 1. The maximum atomic E-state index is 12.7. The molecule has 1 aliphatic rings. The van der Waals surface area contributed by atoms with Crippen LogP contribution in [0.2, 0.25) is 0 Å². The van der Waals surface area contributed by atoms with Gasteiger partial charge in [0.2, 0.25) is 0 Å². The van der Waals surface area contributed by atoms with Crippen LogP contribution in [0.25, 0.3) is 5.65 Å². The van der Waals surface area contributed by atoms with Crippen molar-refractivity contribution >= 4 is 21.5 Å². The monoisotopic (exact) mass is 311 g/mol. The van der Waals surface area contributed by atoms with E-state index in [2.05, 4.69) is 15.1 Å². The fourth-order valence-corrected chi connectivity index (χ4v) is 4.06. The number of sulfonamides is 1. The molecule has 3 heterocycles. The first kappa shape index (κ1) is 14.3. The highest BCUT2D eigenvalue weighted by Gasteiger charge is 2.32. The Morgan fingerprint density at radius 3 is 2.95 bits per heavy atom.